The molecule has 8 heteroatoms. The quantitative estimate of drug-likeness (QED) is 0.132. The molecule has 96 heavy (non-hydrogen) atoms. The van der Waals surface area contributed by atoms with Crippen LogP contribution in [0.3, 0.4) is 0 Å². The predicted octanol–water partition coefficient (Wildman–Crippen LogP) is 23.2. The summed E-state index contributed by atoms with van der Waals surface area (Å²) in [6.45, 7) is 0. The molecule has 4 aromatic heterocycles. The molecule has 0 N–H and O–H groups in total. The molecule has 0 spiro atoms. The van der Waals surface area contributed by atoms with E-state index < -0.39 is 0 Å². The van der Waals surface area contributed by atoms with E-state index in [1.807, 2.05) is 109 Å². The molecular formula is C88H54N6O2. The van der Waals surface area contributed by atoms with E-state index in [9.17, 15) is 0 Å². The van der Waals surface area contributed by atoms with Gasteiger partial charge in [-0.3, -0.25) is 0 Å². The van der Waals surface area contributed by atoms with Gasteiger partial charge in [0.15, 0.2) is 34.9 Å². The first-order chi connectivity index (χ1) is 47.6. The maximum atomic E-state index is 6.24. The minimum Gasteiger partial charge on any atom is -0.456 e. The number of aromatic nitrogens is 6. The number of para-hydroxylation sites is 2. The zero-order chi connectivity index (χ0) is 63.5. The van der Waals surface area contributed by atoms with Gasteiger partial charge in [-0.2, -0.15) is 0 Å². The average molecular weight is 1230 g/mol. The van der Waals surface area contributed by atoms with Crippen LogP contribution in [0, 0.1) is 0 Å². The first-order valence-corrected chi connectivity index (χ1v) is 32.2. The summed E-state index contributed by atoms with van der Waals surface area (Å²) in [4.78, 5) is 30.4. The fourth-order valence-corrected chi connectivity index (χ4v) is 13.8. The van der Waals surface area contributed by atoms with Crippen molar-refractivity contribution >= 4 is 87.0 Å². The van der Waals surface area contributed by atoms with Gasteiger partial charge in [0.25, 0.3) is 0 Å². The van der Waals surface area contributed by atoms with Gasteiger partial charge in [0.2, 0.25) is 0 Å². The van der Waals surface area contributed by atoms with E-state index in [-0.39, 0.29) is 0 Å². The van der Waals surface area contributed by atoms with Crippen LogP contribution in [-0.2, 0) is 0 Å². The zero-order valence-electron chi connectivity index (χ0n) is 51.7. The third kappa shape index (κ3) is 9.87. The van der Waals surface area contributed by atoms with Gasteiger partial charge in [0.05, 0.1) is 0 Å². The number of hydrogen-bond donors (Lipinski definition) is 0. The largest absolute Gasteiger partial charge is 0.456 e. The molecule has 19 rings (SSSR count). The lowest BCUT2D eigenvalue weighted by Crippen LogP contribution is -2.01. The Kier molecular flexibility index (Phi) is 13.7. The van der Waals surface area contributed by atoms with Crippen LogP contribution >= 0.6 is 0 Å². The Morgan fingerprint density at radius 3 is 0.708 bits per heavy atom. The van der Waals surface area contributed by atoms with Gasteiger partial charge in [0, 0.05) is 54.9 Å². The fraction of sp³-hybridized carbons (Fsp3) is 0. The molecule has 0 atom stereocenters. The smallest absolute Gasteiger partial charge is 0.165 e. The highest BCUT2D eigenvalue weighted by Crippen LogP contribution is 2.46. The number of rotatable bonds is 9. The summed E-state index contributed by atoms with van der Waals surface area (Å²) in [6, 6.07) is 113. The van der Waals surface area contributed by atoms with Gasteiger partial charge < -0.3 is 8.83 Å². The maximum absolute atomic E-state index is 6.24. The van der Waals surface area contributed by atoms with E-state index in [2.05, 4.69) is 218 Å². The van der Waals surface area contributed by atoms with Gasteiger partial charge in [-0.05, 0) is 113 Å². The molecule has 0 saturated heterocycles. The number of fused-ring (bicyclic) bond motifs is 10. The number of furan rings is 2. The molecule has 0 fully saturated rings. The molecule has 0 aliphatic carbocycles. The van der Waals surface area contributed by atoms with E-state index in [0.29, 0.717) is 34.9 Å². The van der Waals surface area contributed by atoms with E-state index in [4.69, 9.17) is 38.7 Å². The minimum absolute atomic E-state index is 0.596. The van der Waals surface area contributed by atoms with Crippen LogP contribution in [0.15, 0.2) is 336 Å². The molecule has 0 unspecified atom stereocenters. The molecule has 0 radical (unpaired) electrons. The zero-order valence-corrected chi connectivity index (χ0v) is 51.7. The van der Waals surface area contributed by atoms with Crippen molar-refractivity contribution in [2.24, 2.45) is 0 Å². The first kappa shape index (κ1) is 55.8. The Morgan fingerprint density at radius 2 is 0.365 bits per heavy atom. The third-order valence-corrected chi connectivity index (χ3v) is 18.3. The van der Waals surface area contributed by atoms with Crippen LogP contribution in [0.25, 0.3) is 189 Å². The lowest BCUT2D eigenvalue weighted by atomic mass is 9.86. The normalized spacial score (nSPS) is 11.5. The van der Waals surface area contributed by atoms with Gasteiger partial charge in [-0.15, -0.1) is 0 Å². The topological polar surface area (TPSA) is 104 Å². The summed E-state index contributed by atoms with van der Waals surface area (Å²) in [6.07, 6.45) is 0. The van der Waals surface area contributed by atoms with Crippen molar-refractivity contribution < 1.29 is 8.83 Å². The fourth-order valence-electron chi connectivity index (χ4n) is 13.8. The summed E-state index contributed by atoms with van der Waals surface area (Å²) in [5.41, 5.74) is 16.1. The standard InChI is InChI=1S/C47H29N3O.C41H25N3O/c1-3-13-30(14-4-1)43-37-18-7-9-20-39(37)44(40-21-10-8-19-38(40)43)31-23-25-33(26-24-31)46-48-45(32-15-5-2-6-16-32)49-47(50-46)34-27-28-36-35-17-11-12-22-41(35)51-42(36)29-34;1-3-13-26(14-4-1)37-31-18-7-9-20-33(31)38(34-21-10-8-19-32(34)37)41-43-39(27-15-5-2-6-16-27)42-40(44-41)28-23-24-30-29-17-11-12-22-35(29)45-36(30)25-28/h1-29H;1-25H. The molecule has 19 aromatic rings. The van der Waals surface area contributed by atoms with Gasteiger partial charge in [0.1, 0.15) is 22.3 Å². The lowest BCUT2D eigenvalue weighted by molar-refractivity contribution is 0.668. The van der Waals surface area contributed by atoms with Crippen molar-refractivity contribution in [3.8, 4) is 102 Å². The molecule has 0 aliphatic rings. The summed E-state index contributed by atoms with van der Waals surface area (Å²) in [5, 5.41) is 13.7. The van der Waals surface area contributed by atoms with Crippen LogP contribution in [0.5, 0.6) is 0 Å². The van der Waals surface area contributed by atoms with Crippen LogP contribution in [-0.4, -0.2) is 29.9 Å². The van der Waals surface area contributed by atoms with Gasteiger partial charge in [-0.1, -0.05) is 291 Å². The van der Waals surface area contributed by atoms with Crippen LogP contribution in [0.1, 0.15) is 0 Å². The molecule has 15 aromatic carbocycles. The molecule has 0 aliphatic heterocycles. The van der Waals surface area contributed by atoms with Crippen molar-refractivity contribution in [1.29, 1.82) is 0 Å². The number of hydrogen-bond acceptors (Lipinski definition) is 8. The van der Waals surface area contributed by atoms with Gasteiger partial charge >= 0.3 is 0 Å². The Hall–Kier alpha value is -13.0. The van der Waals surface area contributed by atoms with E-state index >= 15 is 0 Å². The molecule has 8 nitrogen and oxygen atoms in total. The first-order valence-electron chi connectivity index (χ1n) is 32.2. The Balaban J connectivity index is 0.000000141. The lowest BCUT2D eigenvalue weighted by Gasteiger charge is -2.18. The molecule has 4 heterocycles. The third-order valence-electron chi connectivity index (χ3n) is 18.3. The maximum Gasteiger partial charge on any atom is 0.165 e. The van der Waals surface area contributed by atoms with Crippen LogP contribution < -0.4 is 0 Å². The van der Waals surface area contributed by atoms with Crippen molar-refractivity contribution in [2.45, 2.75) is 0 Å². The van der Waals surface area contributed by atoms with E-state index in [1.165, 1.54) is 49.4 Å². The SMILES string of the molecule is c1ccc(-c2nc(-c3ccc(-c4c5ccccc5c(-c5ccccc5)c5ccccc45)cc3)nc(-c3ccc4c(c3)oc3ccccc34)n2)cc1.c1ccc(-c2nc(-c3ccc4c(c3)oc3ccccc34)nc(-c3c4ccccc4c(-c4ccccc4)c4ccccc34)n2)cc1. The van der Waals surface area contributed by atoms with E-state index in [1.54, 1.807) is 0 Å². The Labute approximate surface area is 551 Å². The summed E-state index contributed by atoms with van der Waals surface area (Å²) in [5.74, 6) is 3.69. The summed E-state index contributed by atoms with van der Waals surface area (Å²) < 4.78 is 12.5. The monoisotopic (exact) mass is 1230 g/mol. The van der Waals surface area contributed by atoms with Crippen molar-refractivity contribution in [3.05, 3.63) is 328 Å². The molecular weight excluding hydrogens is 1170 g/mol. The second kappa shape index (κ2) is 23.6. The second-order valence-corrected chi connectivity index (χ2v) is 24.0. The van der Waals surface area contributed by atoms with Crippen LogP contribution in [0.4, 0.5) is 0 Å². The average Bonchev–Trinajstić information content (AvgIpc) is 1.02. The Morgan fingerprint density at radius 1 is 0.146 bits per heavy atom. The molecule has 0 amide bonds. The highest BCUT2D eigenvalue weighted by atomic mass is 16.3. The van der Waals surface area contributed by atoms with E-state index in [0.717, 1.165) is 104 Å². The van der Waals surface area contributed by atoms with Crippen molar-refractivity contribution in [2.75, 3.05) is 0 Å². The minimum atomic E-state index is 0.596. The summed E-state index contributed by atoms with van der Waals surface area (Å²) >= 11 is 0. The molecule has 0 bridgehead atoms. The van der Waals surface area contributed by atoms with Crippen molar-refractivity contribution in [1.82, 2.24) is 29.9 Å². The molecule has 0 saturated carbocycles. The summed E-state index contributed by atoms with van der Waals surface area (Å²) in [7, 11) is 0. The molecule has 448 valence electrons. The second-order valence-electron chi connectivity index (χ2n) is 24.0. The number of benzene rings is 15. The van der Waals surface area contributed by atoms with Gasteiger partial charge in [-0.25, -0.2) is 29.9 Å². The predicted molar refractivity (Wildman–Crippen MR) is 393 cm³/mol. The number of nitrogens with zero attached hydrogens (tertiary/aromatic N) is 6. The van der Waals surface area contributed by atoms with Crippen molar-refractivity contribution in [3.63, 3.8) is 0 Å². The highest BCUT2D eigenvalue weighted by molar-refractivity contribution is 6.23. The van der Waals surface area contributed by atoms with Crippen LogP contribution in [0.2, 0.25) is 0 Å². The highest BCUT2D eigenvalue weighted by Gasteiger charge is 2.23. The Bertz CT molecular complexity index is 6080.